The number of aliphatic hydroxyl groups excluding tert-OH is 1. The predicted octanol–water partition coefficient (Wildman–Crippen LogP) is 1.86. The molecule has 114 valence electrons. The van der Waals surface area contributed by atoms with Crippen LogP contribution in [-0.4, -0.2) is 30.0 Å². The van der Waals surface area contributed by atoms with Crippen LogP contribution >= 0.6 is 0 Å². The van der Waals surface area contributed by atoms with Gasteiger partial charge in [0.2, 0.25) is 0 Å². The lowest BCUT2D eigenvalue weighted by atomic mass is 9.77. The van der Waals surface area contributed by atoms with Gasteiger partial charge in [0, 0.05) is 0 Å². The topological polar surface area (TPSA) is 90.7 Å². The second kappa shape index (κ2) is 5.37. The highest BCUT2D eigenvalue weighted by atomic mass is 16.7. The minimum absolute atomic E-state index is 0.176. The minimum atomic E-state index is -0.596. The maximum atomic E-state index is 9.65. The van der Waals surface area contributed by atoms with Gasteiger partial charge in [0.25, 0.3) is 0 Å². The molecule has 21 heavy (non-hydrogen) atoms. The van der Waals surface area contributed by atoms with Gasteiger partial charge in [-0.15, -0.1) is 0 Å². The van der Waals surface area contributed by atoms with Gasteiger partial charge in [0.1, 0.15) is 0 Å². The van der Waals surface area contributed by atoms with Crippen molar-refractivity contribution in [3.8, 4) is 0 Å². The number of anilines is 2. The highest BCUT2D eigenvalue weighted by molar-refractivity contribution is 6.55. The lowest BCUT2D eigenvalue weighted by molar-refractivity contribution is 0.00578. The third-order valence-corrected chi connectivity index (χ3v) is 4.25. The highest BCUT2D eigenvalue weighted by Crippen LogP contribution is 2.39. The van der Waals surface area contributed by atoms with Gasteiger partial charge in [0.15, 0.2) is 0 Å². The molecule has 0 aliphatic carbocycles. The first-order valence-corrected chi connectivity index (χ1v) is 6.99. The van der Waals surface area contributed by atoms with Crippen LogP contribution in [0.4, 0.5) is 11.4 Å². The van der Waals surface area contributed by atoms with Crippen LogP contribution in [-0.2, 0) is 9.31 Å². The number of benzene rings is 1. The van der Waals surface area contributed by atoms with Crippen LogP contribution in [0.2, 0.25) is 0 Å². The van der Waals surface area contributed by atoms with Gasteiger partial charge in [-0.2, -0.15) is 0 Å². The average Bonchev–Trinajstić information content (AvgIpc) is 2.60. The molecule has 2 rings (SSSR count). The lowest BCUT2D eigenvalue weighted by Gasteiger charge is -2.32. The summed E-state index contributed by atoms with van der Waals surface area (Å²) in [6.07, 6.45) is 1.77. The fourth-order valence-corrected chi connectivity index (χ4v) is 2.11. The Morgan fingerprint density at radius 1 is 1.19 bits per heavy atom. The summed E-state index contributed by atoms with van der Waals surface area (Å²) in [7, 11) is -0.596. The van der Waals surface area contributed by atoms with E-state index in [4.69, 9.17) is 20.8 Å². The van der Waals surface area contributed by atoms with Crippen LogP contribution in [0.3, 0.4) is 0 Å². The number of hydrogen-bond acceptors (Lipinski definition) is 5. The first-order chi connectivity index (χ1) is 9.68. The van der Waals surface area contributed by atoms with E-state index >= 15 is 0 Å². The van der Waals surface area contributed by atoms with Crippen molar-refractivity contribution in [3.05, 3.63) is 29.2 Å². The van der Waals surface area contributed by atoms with Crippen molar-refractivity contribution in [1.82, 2.24) is 0 Å². The molecule has 5 nitrogen and oxygen atoms in total. The monoisotopic (exact) mass is 290 g/mol. The van der Waals surface area contributed by atoms with Gasteiger partial charge in [-0.05, 0) is 44.8 Å². The van der Waals surface area contributed by atoms with Crippen molar-refractivity contribution in [3.63, 3.8) is 0 Å². The van der Waals surface area contributed by atoms with Crippen LogP contribution in [0.5, 0.6) is 0 Å². The third kappa shape index (κ3) is 2.93. The Morgan fingerprint density at radius 3 is 2.29 bits per heavy atom. The fourth-order valence-electron chi connectivity index (χ4n) is 2.11. The van der Waals surface area contributed by atoms with Gasteiger partial charge in [0.05, 0.1) is 29.2 Å². The lowest BCUT2D eigenvalue weighted by Crippen LogP contribution is -2.41. The zero-order valence-corrected chi connectivity index (χ0v) is 13.0. The Morgan fingerprint density at radius 2 is 1.76 bits per heavy atom. The predicted molar refractivity (Wildman–Crippen MR) is 86.4 cm³/mol. The molecule has 0 aromatic heterocycles. The Bertz CT molecular complexity index is 554. The van der Waals surface area contributed by atoms with Gasteiger partial charge in [-0.1, -0.05) is 18.2 Å². The van der Waals surface area contributed by atoms with E-state index < -0.39 is 18.3 Å². The quantitative estimate of drug-likeness (QED) is 0.584. The minimum Gasteiger partial charge on any atom is -0.400 e. The zero-order valence-electron chi connectivity index (χ0n) is 13.0. The number of nitrogens with two attached hydrogens (primary N) is 2. The number of para-hydroxylation sites is 1. The number of hydrogen-bond donors (Lipinski definition) is 3. The molecule has 1 saturated heterocycles. The number of rotatable bonds is 3. The maximum absolute atomic E-state index is 9.65. The molecule has 5 N–H and O–H groups in total. The van der Waals surface area contributed by atoms with E-state index in [0.29, 0.717) is 16.8 Å². The molecular weight excluding hydrogens is 267 g/mol. The van der Waals surface area contributed by atoms with Gasteiger partial charge in [-0.3, -0.25) is 0 Å². The first-order valence-electron chi connectivity index (χ1n) is 6.99. The normalized spacial score (nSPS) is 20.8. The third-order valence-electron chi connectivity index (χ3n) is 4.25. The van der Waals surface area contributed by atoms with Crippen molar-refractivity contribution in [2.75, 3.05) is 18.1 Å². The molecule has 1 fully saturated rings. The molecule has 0 saturated carbocycles. The van der Waals surface area contributed by atoms with Crippen LogP contribution < -0.4 is 11.5 Å². The van der Waals surface area contributed by atoms with Crippen LogP contribution in [0.25, 0.3) is 6.08 Å². The van der Waals surface area contributed by atoms with Crippen LogP contribution in [0.15, 0.2) is 23.7 Å². The molecule has 0 unspecified atom stereocenters. The Hall–Kier alpha value is -1.50. The molecule has 0 atom stereocenters. The summed E-state index contributed by atoms with van der Waals surface area (Å²) in [5.41, 5.74) is 13.2. The van der Waals surface area contributed by atoms with Crippen LogP contribution in [0, 0.1) is 0 Å². The average molecular weight is 290 g/mol. The van der Waals surface area contributed by atoms with E-state index in [1.54, 1.807) is 12.1 Å². The second-order valence-electron chi connectivity index (χ2n) is 6.32. The van der Waals surface area contributed by atoms with E-state index in [2.05, 4.69) is 0 Å². The number of aliphatic hydroxyl groups is 1. The molecule has 1 aliphatic rings. The Balaban J connectivity index is 2.33. The summed E-state index contributed by atoms with van der Waals surface area (Å²) >= 11 is 0. The van der Waals surface area contributed by atoms with E-state index in [9.17, 15) is 5.11 Å². The molecule has 0 amide bonds. The molecule has 6 heteroatoms. The smallest absolute Gasteiger partial charge is 0.400 e. The van der Waals surface area contributed by atoms with E-state index in [-0.39, 0.29) is 6.61 Å². The molecule has 1 aromatic carbocycles. The Kier molecular flexibility index (Phi) is 4.06. The zero-order chi connectivity index (χ0) is 15.8. The molecular formula is C15H23BN2O3. The first kappa shape index (κ1) is 15.9. The van der Waals surface area contributed by atoms with Crippen molar-refractivity contribution in [2.45, 2.75) is 38.9 Å². The summed E-state index contributed by atoms with van der Waals surface area (Å²) in [5, 5.41) is 9.65. The summed E-state index contributed by atoms with van der Waals surface area (Å²) in [6, 6.07) is 5.39. The van der Waals surface area contributed by atoms with Crippen molar-refractivity contribution in [1.29, 1.82) is 0 Å². The van der Waals surface area contributed by atoms with Crippen molar-refractivity contribution in [2.24, 2.45) is 0 Å². The summed E-state index contributed by atoms with van der Waals surface area (Å²) in [6.45, 7) is 7.70. The Labute approximate surface area is 126 Å². The molecule has 1 heterocycles. The summed E-state index contributed by atoms with van der Waals surface area (Å²) in [5.74, 6) is 0. The van der Waals surface area contributed by atoms with Crippen molar-refractivity contribution < 1.29 is 14.4 Å². The maximum Gasteiger partial charge on any atom is 0.492 e. The fraction of sp³-hybridized carbons (Fsp3) is 0.467. The van der Waals surface area contributed by atoms with E-state index in [1.807, 2.05) is 39.8 Å². The van der Waals surface area contributed by atoms with Gasteiger partial charge < -0.3 is 25.9 Å². The van der Waals surface area contributed by atoms with E-state index in [0.717, 1.165) is 5.56 Å². The highest BCUT2D eigenvalue weighted by Gasteiger charge is 2.52. The van der Waals surface area contributed by atoms with E-state index in [1.165, 1.54) is 0 Å². The SMILES string of the molecule is CC1(C)OB(C(=Cc2cccc(N)c2N)CO)OC1(C)C. The molecule has 1 aromatic rings. The van der Waals surface area contributed by atoms with Gasteiger partial charge in [-0.25, -0.2) is 0 Å². The van der Waals surface area contributed by atoms with Gasteiger partial charge >= 0.3 is 7.12 Å². The standard InChI is InChI=1S/C15H23BN2O3/c1-14(2)15(3,4)21-16(20-14)11(9-19)8-10-6-5-7-12(17)13(10)18/h5-8,19H,9,17-18H2,1-4H3. The largest absolute Gasteiger partial charge is 0.492 e. The molecule has 0 bridgehead atoms. The molecule has 0 spiro atoms. The van der Waals surface area contributed by atoms with Crippen LogP contribution in [0.1, 0.15) is 33.3 Å². The summed E-state index contributed by atoms with van der Waals surface area (Å²) < 4.78 is 11.9. The molecule has 0 radical (unpaired) electrons. The molecule has 1 aliphatic heterocycles. The summed E-state index contributed by atoms with van der Waals surface area (Å²) in [4.78, 5) is 0. The second-order valence-corrected chi connectivity index (χ2v) is 6.32. The number of nitrogen functional groups attached to an aromatic ring is 2. The van der Waals surface area contributed by atoms with Crippen molar-refractivity contribution >= 4 is 24.6 Å².